The molecule has 0 amide bonds. The van der Waals surface area contributed by atoms with E-state index in [-0.39, 0.29) is 23.7 Å². The van der Waals surface area contributed by atoms with Crippen molar-refractivity contribution < 1.29 is 24.4 Å². The van der Waals surface area contributed by atoms with Gasteiger partial charge in [-0.3, -0.25) is 24.7 Å². The van der Waals surface area contributed by atoms with E-state index in [0.29, 0.717) is 29.0 Å². The van der Waals surface area contributed by atoms with E-state index in [1.54, 1.807) is 20.8 Å². The number of hydrogen-bond donors (Lipinski definition) is 0. The summed E-state index contributed by atoms with van der Waals surface area (Å²) in [5.74, 6) is -3.09. The van der Waals surface area contributed by atoms with E-state index in [2.05, 4.69) is 4.99 Å². The third-order valence-corrected chi connectivity index (χ3v) is 5.45. The zero-order valence-electron chi connectivity index (χ0n) is 17.7. The smallest absolute Gasteiger partial charge is 0.315 e. The number of ketones is 1. The Bertz CT molecular complexity index is 989. The molecule has 1 unspecified atom stereocenters. The lowest BCUT2D eigenvalue weighted by Gasteiger charge is -2.39. The largest absolute Gasteiger partial charge is 0.868 e. The molecule has 2 aliphatic rings. The molecule has 1 aliphatic heterocycles. The second-order valence-corrected chi connectivity index (χ2v) is 8.98. The van der Waals surface area contributed by atoms with Crippen molar-refractivity contribution in [3.63, 3.8) is 0 Å². The summed E-state index contributed by atoms with van der Waals surface area (Å²) >= 11 is 0. The first-order valence-electron chi connectivity index (χ1n) is 9.88. The number of carbonyl (C=O) groups excluding carboxylic acids is 2. The average Bonchev–Trinajstić information content (AvgIpc) is 2.58. The monoisotopic (exact) mass is 413 g/mol. The van der Waals surface area contributed by atoms with Gasteiger partial charge in [0.05, 0.1) is 11.0 Å². The molecule has 0 fully saturated rings. The topological polar surface area (TPSA) is 122 Å². The van der Waals surface area contributed by atoms with Crippen LogP contribution in [0.1, 0.15) is 58.9 Å². The molecular weight excluding hydrogens is 388 g/mol. The van der Waals surface area contributed by atoms with Crippen LogP contribution >= 0.6 is 0 Å². The van der Waals surface area contributed by atoms with Gasteiger partial charge >= 0.3 is 5.97 Å². The second kappa shape index (κ2) is 7.66. The highest BCUT2D eigenvalue weighted by Gasteiger charge is 2.46. The minimum Gasteiger partial charge on any atom is -0.868 e. The molecular formula is C22H25N2O6-. The highest BCUT2D eigenvalue weighted by atomic mass is 16.6. The molecule has 0 spiro atoms. The zero-order valence-corrected chi connectivity index (χ0v) is 17.7. The Kier molecular flexibility index (Phi) is 5.54. The van der Waals surface area contributed by atoms with Crippen LogP contribution in [-0.4, -0.2) is 28.5 Å². The molecule has 1 aromatic carbocycles. The fourth-order valence-corrected chi connectivity index (χ4v) is 4.29. The molecule has 1 heterocycles. The Balaban J connectivity index is 2.22. The van der Waals surface area contributed by atoms with Gasteiger partial charge in [0.2, 0.25) is 0 Å². The molecule has 160 valence electrons. The lowest BCUT2D eigenvalue weighted by Crippen LogP contribution is -2.40. The normalized spacial score (nSPS) is 23.1. The Hall–Kier alpha value is -3.03. The predicted molar refractivity (Wildman–Crippen MR) is 108 cm³/mol. The number of rotatable bonds is 4. The Morgan fingerprint density at radius 2 is 1.97 bits per heavy atom. The number of benzene rings is 1. The van der Waals surface area contributed by atoms with Crippen LogP contribution in [0.5, 0.6) is 5.75 Å². The molecule has 1 aliphatic carbocycles. The van der Waals surface area contributed by atoms with Gasteiger partial charge < -0.3 is 9.84 Å². The average molecular weight is 413 g/mol. The number of carbonyl (C=O) groups is 2. The number of Topliss-reactive ketones (excluding diaryl/α,β-unsaturated/α-hetero) is 1. The summed E-state index contributed by atoms with van der Waals surface area (Å²) in [6, 6.07) is 3.72. The van der Waals surface area contributed by atoms with Gasteiger partial charge in [-0.05, 0) is 43.9 Å². The van der Waals surface area contributed by atoms with Gasteiger partial charge in [0.1, 0.15) is 5.92 Å². The van der Waals surface area contributed by atoms with Gasteiger partial charge in [0, 0.05) is 35.4 Å². The first-order chi connectivity index (χ1) is 13.9. The maximum Gasteiger partial charge on any atom is 0.315 e. The van der Waals surface area contributed by atoms with Crippen molar-refractivity contribution in [2.45, 2.75) is 59.5 Å². The minimum atomic E-state index is -0.895. The van der Waals surface area contributed by atoms with Crippen molar-refractivity contribution in [3.05, 3.63) is 45.1 Å². The molecule has 8 nitrogen and oxygen atoms in total. The van der Waals surface area contributed by atoms with Crippen LogP contribution in [0.15, 0.2) is 34.5 Å². The number of hydrogen-bond acceptors (Lipinski definition) is 7. The fraction of sp³-hybridized carbons (Fsp3) is 0.500. The van der Waals surface area contributed by atoms with Crippen LogP contribution in [0, 0.1) is 21.4 Å². The summed E-state index contributed by atoms with van der Waals surface area (Å²) in [6.07, 6.45) is 0.459. The van der Waals surface area contributed by atoms with Gasteiger partial charge in [-0.15, -0.1) is 0 Å². The highest BCUT2D eigenvalue weighted by molar-refractivity contribution is 6.09. The van der Waals surface area contributed by atoms with Crippen LogP contribution in [0.25, 0.3) is 0 Å². The van der Waals surface area contributed by atoms with Gasteiger partial charge in [-0.25, -0.2) is 0 Å². The van der Waals surface area contributed by atoms with E-state index in [0.717, 1.165) is 6.07 Å². The summed E-state index contributed by atoms with van der Waals surface area (Å²) in [5, 5.41) is 23.2. The Morgan fingerprint density at radius 3 is 2.57 bits per heavy atom. The van der Waals surface area contributed by atoms with Crippen LogP contribution in [0.2, 0.25) is 0 Å². The standard InChI is InChI=1S/C22H26N2O6/c1-11(2)30-21(27)18-12(3)23-14-9-22(4,5)10-17(26)20(14)19(18)13-6-7-16(25)15(8-13)24(28)29/h6-8,11,18-19,25H,9-10H2,1-5H3/p-1/t18?,19-/m1/s1. The van der Waals surface area contributed by atoms with Gasteiger partial charge in [0.15, 0.2) is 5.78 Å². The van der Waals surface area contributed by atoms with Gasteiger partial charge in [0.25, 0.3) is 5.69 Å². The molecule has 30 heavy (non-hydrogen) atoms. The summed E-state index contributed by atoms with van der Waals surface area (Å²) in [4.78, 5) is 41.3. The Morgan fingerprint density at radius 1 is 1.30 bits per heavy atom. The molecule has 8 heteroatoms. The van der Waals surface area contributed by atoms with Crippen LogP contribution < -0.4 is 5.11 Å². The number of ether oxygens (including phenoxy) is 1. The number of nitrogens with zero attached hydrogens (tertiary/aromatic N) is 2. The fourth-order valence-electron chi connectivity index (χ4n) is 4.29. The number of esters is 1. The minimum absolute atomic E-state index is 0.140. The first kappa shape index (κ1) is 21.7. The summed E-state index contributed by atoms with van der Waals surface area (Å²) in [6.45, 7) is 9.09. The lowest BCUT2D eigenvalue weighted by molar-refractivity contribution is -0.398. The van der Waals surface area contributed by atoms with E-state index in [1.165, 1.54) is 12.1 Å². The highest BCUT2D eigenvalue weighted by Crippen LogP contribution is 2.48. The van der Waals surface area contributed by atoms with E-state index < -0.39 is 34.2 Å². The predicted octanol–water partition coefficient (Wildman–Crippen LogP) is 3.44. The van der Waals surface area contributed by atoms with Crippen LogP contribution in [0.4, 0.5) is 5.69 Å². The van der Waals surface area contributed by atoms with E-state index in [1.807, 2.05) is 13.8 Å². The number of aliphatic imine (C=N–C) groups is 1. The first-order valence-corrected chi connectivity index (χ1v) is 9.88. The quantitative estimate of drug-likeness (QED) is 0.423. The maximum atomic E-state index is 13.1. The second-order valence-electron chi connectivity index (χ2n) is 8.98. The Labute approximate surface area is 174 Å². The molecule has 0 aromatic heterocycles. The van der Waals surface area contributed by atoms with Crippen molar-refractivity contribution in [2.75, 3.05) is 0 Å². The maximum absolute atomic E-state index is 13.1. The van der Waals surface area contributed by atoms with Crippen molar-refractivity contribution in [1.29, 1.82) is 0 Å². The van der Waals surface area contributed by atoms with E-state index >= 15 is 0 Å². The molecule has 0 saturated heterocycles. The molecule has 0 bridgehead atoms. The lowest BCUT2D eigenvalue weighted by atomic mass is 9.67. The van der Waals surface area contributed by atoms with Gasteiger partial charge in [-0.1, -0.05) is 26.0 Å². The summed E-state index contributed by atoms with van der Waals surface area (Å²) in [5.41, 5.74) is 0.972. The summed E-state index contributed by atoms with van der Waals surface area (Å²) < 4.78 is 5.42. The summed E-state index contributed by atoms with van der Waals surface area (Å²) in [7, 11) is 0. The van der Waals surface area contributed by atoms with Crippen LogP contribution in [-0.2, 0) is 14.3 Å². The molecule has 1 aromatic rings. The number of allylic oxidation sites excluding steroid dienone is 2. The molecule has 0 saturated carbocycles. The number of nitro groups is 1. The van der Waals surface area contributed by atoms with Crippen molar-refractivity contribution in [3.8, 4) is 5.75 Å². The SMILES string of the molecule is CC1=NC2=C(C(=O)CC(C)(C)C2)[C@H](c2ccc([O-])c([N+](=O)[O-])c2)C1C(=O)OC(C)C. The zero-order chi connectivity index (χ0) is 22.4. The molecule has 3 rings (SSSR count). The molecule has 2 atom stereocenters. The number of nitro benzene ring substituents is 1. The van der Waals surface area contributed by atoms with Crippen molar-refractivity contribution in [2.24, 2.45) is 16.3 Å². The van der Waals surface area contributed by atoms with Crippen LogP contribution in [0.3, 0.4) is 0 Å². The third kappa shape index (κ3) is 3.99. The molecule has 0 radical (unpaired) electrons. The van der Waals surface area contributed by atoms with Crippen molar-refractivity contribution in [1.82, 2.24) is 0 Å². The third-order valence-electron chi connectivity index (χ3n) is 5.45. The van der Waals surface area contributed by atoms with E-state index in [9.17, 15) is 24.8 Å². The van der Waals surface area contributed by atoms with Gasteiger partial charge in [-0.2, -0.15) is 0 Å². The molecule has 0 N–H and O–H groups in total. The van der Waals surface area contributed by atoms with E-state index in [4.69, 9.17) is 4.74 Å². The van der Waals surface area contributed by atoms with Crippen molar-refractivity contribution >= 4 is 23.2 Å².